The topological polar surface area (TPSA) is 58.2 Å². The summed E-state index contributed by atoms with van der Waals surface area (Å²) in [5.41, 5.74) is 1.38. The summed E-state index contributed by atoms with van der Waals surface area (Å²) in [6.45, 7) is 5.50. The van der Waals surface area contributed by atoms with Crippen LogP contribution in [0.2, 0.25) is 0 Å². The van der Waals surface area contributed by atoms with Gasteiger partial charge in [-0.2, -0.15) is 0 Å². The molecule has 0 spiro atoms. The fourth-order valence-corrected chi connectivity index (χ4v) is 2.62. The van der Waals surface area contributed by atoms with Gasteiger partial charge in [0.15, 0.2) is 0 Å². The van der Waals surface area contributed by atoms with Crippen molar-refractivity contribution in [2.45, 2.75) is 38.9 Å². The van der Waals surface area contributed by atoms with Gasteiger partial charge in [0.05, 0.1) is 5.25 Å². The normalized spacial score (nSPS) is 11.8. The SMILES string of the molecule is CCCCSC(C)C(=O)Nc1cccc(NC(C)=O)c1. The van der Waals surface area contributed by atoms with Gasteiger partial charge in [-0.1, -0.05) is 19.4 Å². The van der Waals surface area contributed by atoms with Crippen LogP contribution in [-0.2, 0) is 9.59 Å². The summed E-state index contributed by atoms with van der Waals surface area (Å²) in [4.78, 5) is 23.0. The number of thioether (sulfide) groups is 1. The third-order valence-corrected chi connectivity index (χ3v) is 3.92. The van der Waals surface area contributed by atoms with Crippen molar-refractivity contribution in [2.24, 2.45) is 0 Å². The van der Waals surface area contributed by atoms with Gasteiger partial charge in [0.25, 0.3) is 0 Å². The van der Waals surface area contributed by atoms with Gasteiger partial charge >= 0.3 is 0 Å². The highest BCUT2D eigenvalue weighted by Crippen LogP contribution is 2.18. The number of hydrogen-bond acceptors (Lipinski definition) is 3. The van der Waals surface area contributed by atoms with Crippen LogP contribution in [0.3, 0.4) is 0 Å². The second kappa shape index (κ2) is 8.64. The Labute approximate surface area is 124 Å². The zero-order valence-corrected chi connectivity index (χ0v) is 13.0. The average Bonchev–Trinajstić information content (AvgIpc) is 2.38. The molecule has 1 rings (SSSR count). The van der Waals surface area contributed by atoms with Crippen molar-refractivity contribution in [1.29, 1.82) is 0 Å². The molecule has 0 aromatic heterocycles. The first kappa shape index (κ1) is 16.6. The van der Waals surface area contributed by atoms with E-state index in [0.717, 1.165) is 18.6 Å². The number of carbonyl (C=O) groups excluding carboxylic acids is 2. The fraction of sp³-hybridized carbons (Fsp3) is 0.467. The number of rotatable bonds is 7. The molecule has 1 atom stereocenters. The van der Waals surface area contributed by atoms with Crippen LogP contribution in [0.4, 0.5) is 11.4 Å². The molecule has 2 amide bonds. The number of amides is 2. The minimum absolute atomic E-state index is 0.00826. The van der Waals surface area contributed by atoms with Crippen molar-refractivity contribution in [3.8, 4) is 0 Å². The largest absolute Gasteiger partial charge is 0.326 e. The van der Waals surface area contributed by atoms with Gasteiger partial charge in [-0.25, -0.2) is 0 Å². The molecule has 2 N–H and O–H groups in total. The van der Waals surface area contributed by atoms with Crippen molar-refractivity contribution in [3.05, 3.63) is 24.3 Å². The zero-order chi connectivity index (χ0) is 15.0. The highest BCUT2D eigenvalue weighted by atomic mass is 32.2. The lowest BCUT2D eigenvalue weighted by Crippen LogP contribution is -2.22. The van der Waals surface area contributed by atoms with E-state index in [1.165, 1.54) is 6.92 Å². The van der Waals surface area contributed by atoms with E-state index in [-0.39, 0.29) is 17.1 Å². The maximum absolute atomic E-state index is 12.0. The molecule has 4 nitrogen and oxygen atoms in total. The van der Waals surface area contributed by atoms with Crippen molar-refractivity contribution < 1.29 is 9.59 Å². The second-order valence-electron chi connectivity index (χ2n) is 4.62. The van der Waals surface area contributed by atoms with Gasteiger partial charge in [-0.3, -0.25) is 9.59 Å². The first-order chi connectivity index (χ1) is 9.52. The fourth-order valence-electron chi connectivity index (χ4n) is 1.60. The van der Waals surface area contributed by atoms with E-state index in [9.17, 15) is 9.59 Å². The predicted molar refractivity (Wildman–Crippen MR) is 86.2 cm³/mol. The number of hydrogen-bond donors (Lipinski definition) is 2. The minimum atomic E-state index is -0.128. The minimum Gasteiger partial charge on any atom is -0.326 e. The smallest absolute Gasteiger partial charge is 0.237 e. The van der Waals surface area contributed by atoms with Crippen LogP contribution in [-0.4, -0.2) is 22.8 Å². The molecule has 20 heavy (non-hydrogen) atoms. The van der Waals surface area contributed by atoms with E-state index in [0.29, 0.717) is 11.4 Å². The lowest BCUT2D eigenvalue weighted by Gasteiger charge is -2.12. The highest BCUT2D eigenvalue weighted by Gasteiger charge is 2.13. The monoisotopic (exact) mass is 294 g/mol. The Bertz CT molecular complexity index is 463. The summed E-state index contributed by atoms with van der Waals surface area (Å²) >= 11 is 1.66. The Kier molecular flexibility index (Phi) is 7.15. The molecule has 1 aromatic rings. The molecule has 5 heteroatoms. The van der Waals surface area contributed by atoms with Gasteiger partial charge < -0.3 is 10.6 Å². The molecule has 0 saturated heterocycles. The molecular weight excluding hydrogens is 272 g/mol. The van der Waals surface area contributed by atoms with Crippen molar-refractivity contribution in [1.82, 2.24) is 0 Å². The second-order valence-corrected chi connectivity index (χ2v) is 6.07. The molecule has 0 heterocycles. The Balaban J connectivity index is 2.54. The van der Waals surface area contributed by atoms with Crippen LogP contribution >= 0.6 is 11.8 Å². The molecule has 0 aliphatic heterocycles. The van der Waals surface area contributed by atoms with E-state index in [1.807, 2.05) is 13.0 Å². The average molecular weight is 294 g/mol. The maximum Gasteiger partial charge on any atom is 0.237 e. The van der Waals surface area contributed by atoms with Gasteiger partial charge in [0.1, 0.15) is 0 Å². The molecule has 1 unspecified atom stereocenters. The summed E-state index contributed by atoms with van der Waals surface area (Å²) in [6.07, 6.45) is 2.26. The summed E-state index contributed by atoms with van der Waals surface area (Å²) in [6, 6.07) is 7.15. The van der Waals surface area contributed by atoms with Crippen LogP contribution < -0.4 is 10.6 Å². The maximum atomic E-state index is 12.0. The third-order valence-electron chi connectivity index (χ3n) is 2.69. The van der Waals surface area contributed by atoms with Crippen LogP contribution in [0, 0.1) is 0 Å². The van der Waals surface area contributed by atoms with Gasteiger partial charge in [0, 0.05) is 18.3 Å². The summed E-state index contributed by atoms with van der Waals surface area (Å²) < 4.78 is 0. The first-order valence-corrected chi connectivity index (χ1v) is 7.88. The molecule has 0 saturated carbocycles. The quantitative estimate of drug-likeness (QED) is 0.757. The first-order valence-electron chi connectivity index (χ1n) is 6.83. The van der Waals surface area contributed by atoms with E-state index in [2.05, 4.69) is 17.6 Å². The molecule has 1 aromatic carbocycles. The van der Waals surface area contributed by atoms with Crippen molar-refractivity contribution in [3.63, 3.8) is 0 Å². The number of carbonyl (C=O) groups is 2. The molecule has 0 aliphatic rings. The van der Waals surface area contributed by atoms with Crippen molar-refractivity contribution in [2.75, 3.05) is 16.4 Å². The van der Waals surface area contributed by atoms with Crippen LogP contribution in [0.25, 0.3) is 0 Å². The summed E-state index contributed by atoms with van der Waals surface area (Å²) in [5, 5.41) is 5.49. The van der Waals surface area contributed by atoms with E-state index >= 15 is 0 Å². The van der Waals surface area contributed by atoms with Crippen LogP contribution in [0.15, 0.2) is 24.3 Å². The summed E-state index contributed by atoms with van der Waals surface area (Å²) in [5.74, 6) is 0.861. The number of unbranched alkanes of at least 4 members (excludes halogenated alkanes) is 1. The molecule has 110 valence electrons. The predicted octanol–water partition coefficient (Wildman–Crippen LogP) is 3.51. The van der Waals surface area contributed by atoms with E-state index in [1.54, 1.807) is 30.0 Å². The molecule has 0 fully saturated rings. The molecular formula is C15H22N2O2S. The Morgan fingerprint density at radius 3 is 2.50 bits per heavy atom. The molecule has 0 aliphatic carbocycles. The van der Waals surface area contributed by atoms with Crippen LogP contribution in [0.5, 0.6) is 0 Å². The van der Waals surface area contributed by atoms with Crippen LogP contribution in [0.1, 0.15) is 33.6 Å². The number of benzene rings is 1. The lowest BCUT2D eigenvalue weighted by atomic mass is 10.2. The summed E-state index contributed by atoms with van der Waals surface area (Å²) in [7, 11) is 0. The third kappa shape index (κ3) is 6.10. The lowest BCUT2D eigenvalue weighted by molar-refractivity contribution is -0.115. The van der Waals surface area contributed by atoms with Gasteiger partial charge in [-0.15, -0.1) is 11.8 Å². The Morgan fingerprint density at radius 1 is 1.25 bits per heavy atom. The van der Waals surface area contributed by atoms with Crippen molar-refractivity contribution >= 4 is 35.0 Å². The molecule has 0 radical (unpaired) electrons. The van der Waals surface area contributed by atoms with Gasteiger partial charge in [-0.05, 0) is 37.3 Å². The van der Waals surface area contributed by atoms with Gasteiger partial charge in [0.2, 0.25) is 11.8 Å². The Morgan fingerprint density at radius 2 is 1.90 bits per heavy atom. The standard InChI is InChI=1S/C15H22N2O2S/c1-4-5-9-20-11(2)15(19)17-14-8-6-7-13(10-14)16-12(3)18/h6-8,10-11H,4-5,9H2,1-3H3,(H,16,18)(H,17,19). The number of anilines is 2. The zero-order valence-electron chi connectivity index (χ0n) is 12.2. The Hall–Kier alpha value is -1.49. The van der Waals surface area contributed by atoms with E-state index < -0.39 is 0 Å². The molecule has 0 bridgehead atoms. The van der Waals surface area contributed by atoms with E-state index in [4.69, 9.17) is 0 Å². The number of nitrogens with one attached hydrogen (secondary N) is 2. The highest BCUT2D eigenvalue weighted by molar-refractivity contribution is 8.00.